The highest BCUT2D eigenvalue weighted by Crippen LogP contribution is 2.14. The van der Waals surface area contributed by atoms with Crippen LogP contribution in [0.15, 0.2) is 32.7 Å². The van der Waals surface area contributed by atoms with Crippen molar-refractivity contribution in [3.05, 3.63) is 51.4 Å². The van der Waals surface area contributed by atoms with Gasteiger partial charge in [-0.15, -0.1) is 11.3 Å². The molecular formula is C16H16N4O4S. The van der Waals surface area contributed by atoms with Crippen LogP contribution in [0.1, 0.15) is 32.4 Å². The van der Waals surface area contributed by atoms with Gasteiger partial charge in [0.15, 0.2) is 5.69 Å². The number of oxazole rings is 1. The van der Waals surface area contributed by atoms with Crippen LogP contribution < -0.4 is 10.6 Å². The Morgan fingerprint density at radius 1 is 1.32 bits per heavy atom. The summed E-state index contributed by atoms with van der Waals surface area (Å²) in [6.45, 7) is 3.92. The predicted octanol–water partition coefficient (Wildman–Crippen LogP) is 2.45. The Bertz CT molecular complexity index is 862. The van der Waals surface area contributed by atoms with Gasteiger partial charge in [-0.2, -0.15) is 4.98 Å². The van der Waals surface area contributed by atoms with Gasteiger partial charge < -0.3 is 14.3 Å². The van der Waals surface area contributed by atoms with E-state index in [1.165, 1.54) is 6.26 Å². The first-order valence-corrected chi connectivity index (χ1v) is 8.38. The molecule has 2 amide bonds. The van der Waals surface area contributed by atoms with Crippen molar-refractivity contribution >= 4 is 29.2 Å². The smallest absolute Gasteiger partial charge is 0.302 e. The summed E-state index contributed by atoms with van der Waals surface area (Å²) in [5.74, 6) is -0.112. The molecule has 0 aliphatic rings. The van der Waals surface area contributed by atoms with E-state index in [9.17, 15) is 9.59 Å². The molecule has 0 aliphatic heterocycles. The van der Waals surface area contributed by atoms with Gasteiger partial charge in [0, 0.05) is 10.4 Å². The van der Waals surface area contributed by atoms with Crippen molar-refractivity contribution in [2.45, 2.75) is 26.8 Å². The summed E-state index contributed by atoms with van der Waals surface area (Å²) in [6.07, 6.45) is 1.29. The molecule has 25 heavy (non-hydrogen) atoms. The average Bonchev–Trinajstić information content (AvgIpc) is 3.31. The van der Waals surface area contributed by atoms with E-state index in [1.807, 2.05) is 17.5 Å². The fourth-order valence-corrected chi connectivity index (χ4v) is 2.83. The number of rotatable bonds is 6. The molecule has 0 atom stereocenters. The lowest BCUT2D eigenvalue weighted by atomic mass is 10.1. The van der Waals surface area contributed by atoms with Crippen molar-refractivity contribution in [3.63, 3.8) is 0 Å². The van der Waals surface area contributed by atoms with Gasteiger partial charge in [-0.1, -0.05) is 11.2 Å². The van der Waals surface area contributed by atoms with Gasteiger partial charge >= 0.3 is 6.01 Å². The van der Waals surface area contributed by atoms with E-state index in [0.717, 1.165) is 10.4 Å². The fraction of sp³-hybridized carbons (Fsp3) is 0.250. The number of aryl methyl sites for hydroxylation is 2. The van der Waals surface area contributed by atoms with E-state index < -0.39 is 0 Å². The van der Waals surface area contributed by atoms with E-state index in [2.05, 4.69) is 20.8 Å². The second kappa shape index (κ2) is 7.31. The molecule has 3 aromatic heterocycles. The summed E-state index contributed by atoms with van der Waals surface area (Å²) in [4.78, 5) is 29.1. The molecule has 2 N–H and O–H groups in total. The second-order valence-electron chi connectivity index (χ2n) is 5.33. The third kappa shape index (κ3) is 4.13. The topological polar surface area (TPSA) is 110 Å². The third-order valence-electron chi connectivity index (χ3n) is 3.51. The van der Waals surface area contributed by atoms with Gasteiger partial charge in [0.05, 0.1) is 18.7 Å². The molecule has 8 nitrogen and oxygen atoms in total. The quantitative estimate of drug-likeness (QED) is 0.699. The number of thiophene rings is 1. The fourth-order valence-electron chi connectivity index (χ4n) is 2.18. The molecule has 3 heterocycles. The molecule has 0 aromatic carbocycles. The molecule has 130 valence electrons. The maximum Gasteiger partial charge on any atom is 0.302 e. The Kier molecular flexibility index (Phi) is 4.94. The summed E-state index contributed by atoms with van der Waals surface area (Å²) < 4.78 is 10.2. The molecule has 3 rings (SSSR count). The van der Waals surface area contributed by atoms with Crippen LogP contribution in [0.5, 0.6) is 0 Å². The Morgan fingerprint density at radius 3 is 2.84 bits per heavy atom. The number of carbonyl (C=O) groups excluding carboxylic acids is 2. The summed E-state index contributed by atoms with van der Waals surface area (Å²) in [6, 6.07) is 3.81. The zero-order valence-corrected chi connectivity index (χ0v) is 14.5. The summed E-state index contributed by atoms with van der Waals surface area (Å²) in [5, 5.41) is 11.0. The highest BCUT2D eigenvalue weighted by Gasteiger charge is 2.17. The van der Waals surface area contributed by atoms with E-state index >= 15 is 0 Å². The Hall–Kier alpha value is -2.94. The van der Waals surface area contributed by atoms with Crippen molar-refractivity contribution in [3.8, 4) is 0 Å². The predicted molar refractivity (Wildman–Crippen MR) is 90.3 cm³/mol. The number of nitrogens with zero attached hydrogens (tertiary/aromatic N) is 2. The zero-order valence-electron chi connectivity index (χ0n) is 13.7. The number of anilines is 1. The SMILES string of the molecule is Cc1noc(C)c1CC(=O)Nc1nc(C(=O)NCc2cccs2)co1. The van der Waals surface area contributed by atoms with Gasteiger partial charge in [0.1, 0.15) is 12.0 Å². The average molecular weight is 360 g/mol. The lowest BCUT2D eigenvalue weighted by Crippen LogP contribution is -2.22. The number of hydrogen-bond acceptors (Lipinski definition) is 7. The number of nitrogens with one attached hydrogen (secondary N) is 2. The minimum atomic E-state index is -0.372. The number of aromatic nitrogens is 2. The number of amides is 2. The Labute approximate surface area is 147 Å². The maximum atomic E-state index is 12.1. The van der Waals surface area contributed by atoms with Gasteiger partial charge in [-0.25, -0.2) is 0 Å². The van der Waals surface area contributed by atoms with Crippen molar-refractivity contribution in [2.75, 3.05) is 5.32 Å². The summed E-state index contributed by atoms with van der Waals surface area (Å²) >= 11 is 1.55. The first-order chi connectivity index (χ1) is 12.0. The van der Waals surface area contributed by atoms with Crippen LogP contribution in [0.4, 0.5) is 6.01 Å². The lowest BCUT2D eigenvalue weighted by molar-refractivity contribution is -0.115. The molecule has 0 bridgehead atoms. The molecule has 0 unspecified atom stereocenters. The summed E-state index contributed by atoms with van der Waals surface area (Å²) in [7, 11) is 0. The highest BCUT2D eigenvalue weighted by molar-refractivity contribution is 7.09. The maximum absolute atomic E-state index is 12.1. The van der Waals surface area contributed by atoms with Crippen LogP contribution in [-0.4, -0.2) is 22.0 Å². The molecule has 9 heteroatoms. The molecule has 0 spiro atoms. The van der Waals surface area contributed by atoms with Crippen LogP contribution in [0.25, 0.3) is 0 Å². The number of carbonyl (C=O) groups is 2. The molecule has 0 aliphatic carbocycles. The van der Waals surface area contributed by atoms with Crippen LogP contribution in [0.2, 0.25) is 0 Å². The van der Waals surface area contributed by atoms with Gasteiger partial charge in [0.2, 0.25) is 5.91 Å². The minimum Gasteiger partial charge on any atom is -0.431 e. The monoisotopic (exact) mass is 360 g/mol. The van der Waals surface area contributed by atoms with Crippen molar-refractivity contribution < 1.29 is 18.5 Å². The van der Waals surface area contributed by atoms with E-state index in [4.69, 9.17) is 8.94 Å². The molecule has 0 saturated heterocycles. The molecule has 0 saturated carbocycles. The van der Waals surface area contributed by atoms with Crippen LogP contribution in [-0.2, 0) is 17.8 Å². The zero-order chi connectivity index (χ0) is 17.8. The first kappa shape index (κ1) is 16.9. The normalized spacial score (nSPS) is 10.6. The minimum absolute atomic E-state index is 0.0296. The Morgan fingerprint density at radius 2 is 2.16 bits per heavy atom. The van der Waals surface area contributed by atoms with Gasteiger partial charge in [0.25, 0.3) is 5.91 Å². The molecular weight excluding hydrogens is 344 g/mol. The van der Waals surface area contributed by atoms with Gasteiger partial charge in [-0.05, 0) is 25.3 Å². The van der Waals surface area contributed by atoms with Crippen LogP contribution >= 0.6 is 11.3 Å². The molecule has 0 fully saturated rings. The molecule has 3 aromatic rings. The van der Waals surface area contributed by atoms with Crippen LogP contribution in [0, 0.1) is 13.8 Å². The largest absolute Gasteiger partial charge is 0.431 e. The van der Waals surface area contributed by atoms with Gasteiger partial charge in [-0.3, -0.25) is 14.9 Å². The highest BCUT2D eigenvalue weighted by atomic mass is 32.1. The Balaban J connectivity index is 1.55. The van der Waals surface area contributed by atoms with E-state index in [-0.39, 0.29) is 29.9 Å². The van der Waals surface area contributed by atoms with E-state index in [0.29, 0.717) is 18.0 Å². The lowest BCUT2D eigenvalue weighted by Gasteiger charge is -2.01. The first-order valence-electron chi connectivity index (χ1n) is 7.50. The van der Waals surface area contributed by atoms with E-state index in [1.54, 1.807) is 25.2 Å². The van der Waals surface area contributed by atoms with Crippen molar-refractivity contribution in [1.82, 2.24) is 15.5 Å². The second-order valence-corrected chi connectivity index (χ2v) is 6.36. The van der Waals surface area contributed by atoms with Crippen molar-refractivity contribution in [2.24, 2.45) is 0 Å². The van der Waals surface area contributed by atoms with Crippen LogP contribution in [0.3, 0.4) is 0 Å². The third-order valence-corrected chi connectivity index (χ3v) is 4.38. The number of hydrogen-bond donors (Lipinski definition) is 2. The summed E-state index contributed by atoms with van der Waals surface area (Å²) in [5.41, 5.74) is 1.48. The van der Waals surface area contributed by atoms with Crippen molar-refractivity contribution in [1.29, 1.82) is 0 Å². The standard InChI is InChI=1S/C16H16N4O4S/c1-9-12(10(2)24-20-9)6-14(21)19-16-18-13(8-23-16)15(22)17-7-11-4-3-5-25-11/h3-5,8H,6-7H2,1-2H3,(H,17,22)(H,18,19,21). The molecule has 0 radical (unpaired) electrons.